The molecule has 1 amide bonds. The highest BCUT2D eigenvalue weighted by molar-refractivity contribution is 5.80. The van der Waals surface area contributed by atoms with Gasteiger partial charge in [0.2, 0.25) is 5.91 Å². The van der Waals surface area contributed by atoms with Gasteiger partial charge in [0.25, 0.3) is 6.43 Å². The third-order valence-corrected chi connectivity index (χ3v) is 2.08. The van der Waals surface area contributed by atoms with Crippen molar-refractivity contribution in [2.75, 3.05) is 13.1 Å². The van der Waals surface area contributed by atoms with Crippen molar-refractivity contribution in [2.24, 2.45) is 5.92 Å². The summed E-state index contributed by atoms with van der Waals surface area (Å²) in [4.78, 5) is 12.4. The van der Waals surface area contributed by atoms with Crippen molar-refractivity contribution >= 4 is 5.91 Å². The normalized spacial score (nSPS) is 23.7. The largest absolute Gasteiger partial charge is 0.320 e. The van der Waals surface area contributed by atoms with Crippen molar-refractivity contribution in [1.29, 1.82) is 0 Å². The Morgan fingerprint density at radius 3 is 2.69 bits per heavy atom. The van der Waals surface area contributed by atoms with Gasteiger partial charge in [-0.25, -0.2) is 8.78 Å². The average molecular weight is 192 g/mol. The van der Waals surface area contributed by atoms with Gasteiger partial charge in [-0.1, -0.05) is 13.8 Å². The summed E-state index contributed by atoms with van der Waals surface area (Å²) in [5, 5.41) is 2.90. The summed E-state index contributed by atoms with van der Waals surface area (Å²) in [6, 6.07) is 0. The molecule has 1 atom stereocenters. The minimum atomic E-state index is -2.45. The van der Waals surface area contributed by atoms with Gasteiger partial charge in [0.05, 0.1) is 19.3 Å². The fourth-order valence-electron chi connectivity index (χ4n) is 1.52. The molecule has 3 nitrogen and oxygen atoms in total. The third kappa shape index (κ3) is 2.37. The molecular weight excluding hydrogens is 178 g/mol. The van der Waals surface area contributed by atoms with Gasteiger partial charge in [0, 0.05) is 0 Å². The maximum Gasteiger partial charge on any atom is 0.255 e. The van der Waals surface area contributed by atoms with Crippen molar-refractivity contribution in [1.82, 2.24) is 10.2 Å². The van der Waals surface area contributed by atoms with Crippen LogP contribution in [0.15, 0.2) is 0 Å². The molecule has 0 spiro atoms. The quantitative estimate of drug-likeness (QED) is 0.712. The molecule has 1 unspecified atom stereocenters. The Morgan fingerprint density at radius 2 is 2.23 bits per heavy atom. The number of carbonyl (C=O) groups excluding carboxylic acids is 1. The van der Waals surface area contributed by atoms with E-state index in [0.717, 1.165) is 0 Å². The van der Waals surface area contributed by atoms with Crippen LogP contribution >= 0.6 is 0 Å². The van der Waals surface area contributed by atoms with Crippen LogP contribution in [0.5, 0.6) is 0 Å². The van der Waals surface area contributed by atoms with E-state index in [1.54, 1.807) is 0 Å². The summed E-state index contributed by atoms with van der Waals surface area (Å²) in [5.41, 5.74) is 0. The zero-order chi connectivity index (χ0) is 10.0. The molecule has 0 aromatic carbocycles. The van der Waals surface area contributed by atoms with E-state index in [0.29, 0.717) is 0 Å². The van der Waals surface area contributed by atoms with E-state index < -0.39 is 13.0 Å². The zero-order valence-electron chi connectivity index (χ0n) is 7.76. The van der Waals surface area contributed by atoms with Gasteiger partial charge in [0.1, 0.15) is 0 Å². The van der Waals surface area contributed by atoms with Crippen molar-refractivity contribution in [3.8, 4) is 0 Å². The molecule has 1 fully saturated rings. The summed E-state index contributed by atoms with van der Waals surface area (Å²) in [6.45, 7) is 3.51. The lowest BCUT2D eigenvalue weighted by atomic mass is 10.1. The number of amides is 1. The van der Waals surface area contributed by atoms with Crippen LogP contribution < -0.4 is 5.32 Å². The van der Waals surface area contributed by atoms with Crippen molar-refractivity contribution in [3.63, 3.8) is 0 Å². The Morgan fingerprint density at radius 1 is 1.62 bits per heavy atom. The number of nitrogens with one attached hydrogen (secondary N) is 1. The van der Waals surface area contributed by atoms with Crippen LogP contribution in [0.3, 0.4) is 0 Å². The van der Waals surface area contributed by atoms with E-state index in [9.17, 15) is 13.6 Å². The number of nitrogens with zero attached hydrogens (tertiary/aromatic N) is 1. The van der Waals surface area contributed by atoms with Gasteiger partial charge in [0.15, 0.2) is 0 Å². The molecule has 76 valence electrons. The van der Waals surface area contributed by atoms with Crippen LogP contribution in [-0.4, -0.2) is 36.5 Å². The molecule has 0 saturated carbocycles. The Balaban J connectivity index is 2.60. The number of hydrogen-bond donors (Lipinski definition) is 1. The van der Waals surface area contributed by atoms with E-state index in [1.165, 1.54) is 4.90 Å². The predicted molar refractivity (Wildman–Crippen MR) is 44.3 cm³/mol. The lowest BCUT2D eigenvalue weighted by molar-refractivity contribution is -0.130. The standard InChI is InChI=1S/C8H14F2N2O/c1-5(2)8-11-3-7(13)12(8)4-6(9)10/h5-6,8,11H,3-4H2,1-2H3. The first-order chi connectivity index (χ1) is 6.02. The summed E-state index contributed by atoms with van der Waals surface area (Å²) in [5.74, 6) is -0.0794. The highest BCUT2D eigenvalue weighted by Gasteiger charge is 2.33. The fraction of sp³-hybridized carbons (Fsp3) is 0.875. The van der Waals surface area contributed by atoms with Crippen molar-refractivity contribution in [2.45, 2.75) is 26.4 Å². The van der Waals surface area contributed by atoms with Gasteiger partial charge in [-0.05, 0) is 5.92 Å². The van der Waals surface area contributed by atoms with Crippen LogP contribution in [0.2, 0.25) is 0 Å². The van der Waals surface area contributed by atoms with E-state index in [4.69, 9.17) is 0 Å². The second kappa shape index (κ2) is 4.00. The summed E-state index contributed by atoms with van der Waals surface area (Å²) in [6.07, 6.45) is -2.69. The zero-order valence-corrected chi connectivity index (χ0v) is 7.76. The first kappa shape index (κ1) is 10.4. The second-order valence-electron chi connectivity index (χ2n) is 3.51. The molecule has 0 aromatic rings. The Hall–Kier alpha value is -0.710. The molecule has 5 heteroatoms. The number of rotatable bonds is 3. The maximum absolute atomic E-state index is 12.1. The smallest absolute Gasteiger partial charge is 0.255 e. The van der Waals surface area contributed by atoms with Crippen LogP contribution in [0, 0.1) is 5.92 Å². The van der Waals surface area contributed by atoms with Crippen LogP contribution in [-0.2, 0) is 4.79 Å². The molecule has 1 rings (SSSR count). The average Bonchev–Trinajstić information content (AvgIpc) is 2.32. The van der Waals surface area contributed by atoms with Gasteiger partial charge < -0.3 is 4.90 Å². The molecule has 0 aliphatic carbocycles. The van der Waals surface area contributed by atoms with E-state index in [-0.39, 0.29) is 24.5 Å². The molecule has 0 bridgehead atoms. The Bertz CT molecular complexity index is 197. The molecule has 1 saturated heterocycles. The van der Waals surface area contributed by atoms with E-state index in [2.05, 4.69) is 5.32 Å². The van der Waals surface area contributed by atoms with Gasteiger partial charge >= 0.3 is 0 Å². The Labute approximate surface area is 76.1 Å². The maximum atomic E-state index is 12.1. The molecule has 1 aliphatic heterocycles. The topological polar surface area (TPSA) is 32.3 Å². The summed E-state index contributed by atoms with van der Waals surface area (Å²) >= 11 is 0. The lowest BCUT2D eigenvalue weighted by Gasteiger charge is -2.26. The Kier molecular flexibility index (Phi) is 3.19. The predicted octanol–water partition coefficient (Wildman–Crippen LogP) is 0.665. The van der Waals surface area contributed by atoms with Gasteiger partial charge in [-0.3, -0.25) is 10.1 Å². The molecule has 1 N–H and O–H groups in total. The highest BCUT2D eigenvalue weighted by atomic mass is 19.3. The highest BCUT2D eigenvalue weighted by Crippen LogP contribution is 2.14. The molecule has 1 aliphatic rings. The first-order valence-corrected chi connectivity index (χ1v) is 4.33. The van der Waals surface area contributed by atoms with Crippen molar-refractivity contribution < 1.29 is 13.6 Å². The molecule has 0 aromatic heterocycles. The number of hydrogen-bond acceptors (Lipinski definition) is 2. The minimum absolute atomic E-state index is 0.158. The molecular formula is C8H14F2N2O. The minimum Gasteiger partial charge on any atom is -0.320 e. The SMILES string of the molecule is CC(C)C1NCC(=O)N1CC(F)F. The van der Waals surface area contributed by atoms with Crippen molar-refractivity contribution in [3.05, 3.63) is 0 Å². The van der Waals surface area contributed by atoms with Gasteiger partial charge in [-0.15, -0.1) is 0 Å². The monoisotopic (exact) mass is 192 g/mol. The molecule has 0 radical (unpaired) electrons. The van der Waals surface area contributed by atoms with Crippen LogP contribution in [0.4, 0.5) is 8.78 Å². The molecule has 13 heavy (non-hydrogen) atoms. The third-order valence-electron chi connectivity index (χ3n) is 2.08. The number of carbonyl (C=O) groups is 1. The fourth-order valence-corrected chi connectivity index (χ4v) is 1.52. The van der Waals surface area contributed by atoms with Gasteiger partial charge in [-0.2, -0.15) is 0 Å². The van der Waals surface area contributed by atoms with Crippen LogP contribution in [0.1, 0.15) is 13.8 Å². The second-order valence-corrected chi connectivity index (χ2v) is 3.51. The first-order valence-electron chi connectivity index (χ1n) is 4.33. The van der Waals surface area contributed by atoms with E-state index >= 15 is 0 Å². The number of alkyl halides is 2. The van der Waals surface area contributed by atoms with E-state index in [1.807, 2.05) is 13.8 Å². The number of halogens is 2. The lowest BCUT2D eigenvalue weighted by Crippen LogP contribution is -2.43. The summed E-state index contributed by atoms with van der Waals surface area (Å²) < 4.78 is 24.2. The summed E-state index contributed by atoms with van der Waals surface area (Å²) in [7, 11) is 0. The van der Waals surface area contributed by atoms with Crippen LogP contribution in [0.25, 0.3) is 0 Å². The molecule has 1 heterocycles.